The van der Waals surface area contributed by atoms with E-state index in [9.17, 15) is 0 Å². The summed E-state index contributed by atoms with van der Waals surface area (Å²) < 4.78 is 6.55. The molecule has 0 bridgehead atoms. The zero-order valence-corrected chi connectivity index (χ0v) is 12.4. The number of nitrogens with one attached hydrogen (secondary N) is 1. The van der Waals surface area contributed by atoms with Crippen LogP contribution < -0.4 is 4.74 Å². The maximum Gasteiger partial charge on any atom is 0.133 e. The molecule has 1 aromatic carbocycles. The first-order chi connectivity index (χ1) is 9.78. The molecule has 0 radical (unpaired) electrons. The maximum atomic E-state index is 5.86. The third kappa shape index (κ3) is 2.90. The lowest BCUT2D eigenvalue weighted by Gasteiger charge is -2.11. The number of H-pyrrole nitrogens is 1. The number of aromatic amines is 1. The van der Waals surface area contributed by atoms with Crippen LogP contribution in [0.4, 0.5) is 0 Å². The van der Waals surface area contributed by atoms with Crippen molar-refractivity contribution < 1.29 is 4.74 Å². The molecule has 1 fully saturated rings. The highest BCUT2D eigenvalue weighted by molar-refractivity contribution is 7.71. The van der Waals surface area contributed by atoms with Crippen molar-refractivity contribution in [1.82, 2.24) is 9.97 Å². The van der Waals surface area contributed by atoms with E-state index in [1.165, 1.54) is 12.8 Å². The highest BCUT2D eigenvalue weighted by atomic mass is 32.1. The summed E-state index contributed by atoms with van der Waals surface area (Å²) in [6.07, 6.45) is 6.41. The minimum absolute atomic E-state index is 0.413. The van der Waals surface area contributed by atoms with Gasteiger partial charge in [0.05, 0.1) is 18.1 Å². The van der Waals surface area contributed by atoms with Crippen molar-refractivity contribution in [3.05, 3.63) is 40.8 Å². The normalized spacial score (nSPS) is 14.2. The summed E-state index contributed by atoms with van der Waals surface area (Å²) >= 11 is 5.36. The zero-order chi connectivity index (χ0) is 13.9. The van der Waals surface area contributed by atoms with Gasteiger partial charge < -0.3 is 9.72 Å². The summed E-state index contributed by atoms with van der Waals surface area (Å²) in [5.41, 5.74) is 3.29. The average Bonchev–Trinajstić information content (AvgIpc) is 3.25. The molecule has 1 saturated carbocycles. The van der Waals surface area contributed by atoms with Crippen LogP contribution in [-0.2, 0) is 6.42 Å². The Morgan fingerprint density at radius 1 is 1.40 bits per heavy atom. The van der Waals surface area contributed by atoms with Crippen molar-refractivity contribution in [3.63, 3.8) is 0 Å². The van der Waals surface area contributed by atoms with E-state index >= 15 is 0 Å². The number of ether oxygens (including phenoxy) is 1. The van der Waals surface area contributed by atoms with E-state index in [1.807, 2.05) is 12.1 Å². The van der Waals surface area contributed by atoms with E-state index in [0.29, 0.717) is 10.7 Å². The lowest BCUT2D eigenvalue weighted by molar-refractivity contribution is 0.303. The van der Waals surface area contributed by atoms with Gasteiger partial charge >= 0.3 is 0 Å². The third-order valence-electron chi connectivity index (χ3n) is 3.40. The second-order valence-corrected chi connectivity index (χ2v) is 5.54. The van der Waals surface area contributed by atoms with E-state index in [4.69, 9.17) is 17.0 Å². The van der Waals surface area contributed by atoms with Crippen LogP contribution in [-0.4, -0.2) is 16.1 Å². The van der Waals surface area contributed by atoms with Crippen molar-refractivity contribution in [2.45, 2.75) is 38.7 Å². The predicted molar refractivity (Wildman–Crippen MR) is 82.5 cm³/mol. The summed E-state index contributed by atoms with van der Waals surface area (Å²) in [5, 5.41) is 0. The van der Waals surface area contributed by atoms with Gasteiger partial charge in [-0.2, -0.15) is 0 Å². The number of hydrogen-bond acceptors (Lipinski definition) is 3. The second kappa shape index (κ2) is 5.75. The molecule has 20 heavy (non-hydrogen) atoms. The molecule has 104 valence electrons. The summed E-state index contributed by atoms with van der Waals surface area (Å²) in [7, 11) is 0. The third-order valence-corrected chi connectivity index (χ3v) is 3.75. The number of hydrogen-bond donors (Lipinski definition) is 1. The monoisotopic (exact) mass is 286 g/mol. The Kier molecular flexibility index (Phi) is 3.83. The van der Waals surface area contributed by atoms with Crippen LogP contribution in [0.2, 0.25) is 0 Å². The number of benzene rings is 1. The number of rotatable bonds is 5. The molecule has 0 atom stereocenters. The Morgan fingerprint density at radius 3 is 3.00 bits per heavy atom. The van der Waals surface area contributed by atoms with Gasteiger partial charge in [0.25, 0.3) is 0 Å². The van der Waals surface area contributed by atoms with Gasteiger partial charge in [-0.1, -0.05) is 37.7 Å². The van der Waals surface area contributed by atoms with Crippen LogP contribution in [0.15, 0.2) is 30.6 Å². The molecule has 0 saturated heterocycles. The van der Waals surface area contributed by atoms with Crippen molar-refractivity contribution in [3.8, 4) is 17.0 Å². The lowest BCUT2D eigenvalue weighted by Crippen LogP contribution is -1.98. The standard InChI is InChI=1S/C16H18N2OS/c1-2-4-14-15(17-10-18-16(14)20)11-5-3-6-13(9-11)19-12-7-8-12/h3,5-6,9-10,12H,2,4,7-8H2,1H3,(H,17,18,20). The smallest absolute Gasteiger partial charge is 0.133 e. The molecule has 1 N–H and O–H groups in total. The first-order valence-corrected chi connectivity index (χ1v) is 7.52. The molecule has 1 heterocycles. The molecule has 0 unspecified atom stereocenters. The number of nitrogens with zero attached hydrogens (tertiary/aromatic N) is 1. The first kappa shape index (κ1) is 13.3. The van der Waals surface area contributed by atoms with Crippen LogP contribution in [0.25, 0.3) is 11.3 Å². The van der Waals surface area contributed by atoms with E-state index in [0.717, 1.165) is 35.4 Å². The Labute approximate surface area is 124 Å². The van der Waals surface area contributed by atoms with Crippen molar-refractivity contribution in [1.29, 1.82) is 0 Å². The summed E-state index contributed by atoms with van der Waals surface area (Å²) in [6, 6.07) is 8.20. The molecule has 0 spiro atoms. The highest BCUT2D eigenvalue weighted by Gasteiger charge is 2.23. The van der Waals surface area contributed by atoms with Crippen LogP contribution in [0.5, 0.6) is 5.75 Å². The summed E-state index contributed by atoms with van der Waals surface area (Å²) in [5.74, 6) is 0.934. The molecule has 4 heteroatoms. The Morgan fingerprint density at radius 2 is 2.25 bits per heavy atom. The minimum Gasteiger partial charge on any atom is -0.490 e. The average molecular weight is 286 g/mol. The van der Waals surface area contributed by atoms with Gasteiger partial charge in [-0.25, -0.2) is 4.98 Å². The van der Waals surface area contributed by atoms with Crippen molar-refractivity contribution >= 4 is 12.2 Å². The number of aromatic nitrogens is 2. The fourth-order valence-corrected chi connectivity index (χ4v) is 2.53. The Balaban J connectivity index is 1.99. The summed E-state index contributed by atoms with van der Waals surface area (Å²) in [6.45, 7) is 2.15. The molecule has 3 rings (SSSR count). The van der Waals surface area contributed by atoms with Crippen molar-refractivity contribution in [2.24, 2.45) is 0 Å². The first-order valence-electron chi connectivity index (χ1n) is 7.11. The fraction of sp³-hybridized carbons (Fsp3) is 0.375. The largest absolute Gasteiger partial charge is 0.490 e. The molecule has 0 aliphatic heterocycles. The van der Waals surface area contributed by atoms with Crippen LogP contribution >= 0.6 is 12.2 Å². The van der Waals surface area contributed by atoms with Gasteiger partial charge in [-0.3, -0.25) is 0 Å². The van der Waals surface area contributed by atoms with E-state index in [-0.39, 0.29) is 0 Å². The van der Waals surface area contributed by atoms with Crippen LogP contribution in [0.1, 0.15) is 31.7 Å². The topological polar surface area (TPSA) is 37.9 Å². The fourth-order valence-electron chi connectivity index (χ4n) is 2.27. The molecular formula is C16H18N2OS. The lowest BCUT2D eigenvalue weighted by atomic mass is 10.0. The van der Waals surface area contributed by atoms with Gasteiger partial charge in [-0.05, 0) is 31.4 Å². The molecule has 1 aromatic heterocycles. The molecule has 3 nitrogen and oxygen atoms in total. The van der Waals surface area contributed by atoms with E-state index in [2.05, 4.69) is 29.0 Å². The van der Waals surface area contributed by atoms with Gasteiger partial charge in [0, 0.05) is 11.1 Å². The molecule has 2 aromatic rings. The highest BCUT2D eigenvalue weighted by Crippen LogP contribution is 2.30. The quantitative estimate of drug-likeness (QED) is 0.833. The summed E-state index contributed by atoms with van der Waals surface area (Å²) in [4.78, 5) is 7.43. The zero-order valence-electron chi connectivity index (χ0n) is 11.6. The minimum atomic E-state index is 0.413. The van der Waals surface area contributed by atoms with Crippen molar-refractivity contribution in [2.75, 3.05) is 0 Å². The molecule has 0 amide bonds. The van der Waals surface area contributed by atoms with Gasteiger partial charge in [0.15, 0.2) is 0 Å². The Bertz CT molecular complexity index is 662. The van der Waals surface area contributed by atoms with E-state index < -0.39 is 0 Å². The predicted octanol–water partition coefficient (Wildman–Crippen LogP) is 4.30. The molecule has 1 aliphatic rings. The van der Waals surface area contributed by atoms with Crippen LogP contribution in [0, 0.1) is 4.64 Å². The molecule has 1 aliphatic carbocycles. The van der Waals surface area contributed by atoms with E-state index in [1.54, 1.807) is 6.33 Å². The maximum absolute atomic E-state index is 5.86. The van der Waals surface area contributed by atoms with Crippen LogP contribution in [0.3, 0.4) is 0 Å². The Hall–Kier alpha value is -1.68. The SMILES string of the molecule is CCCc1c(-c2cccc(OC3CC3)c2)[nH]cnc1=S. The van der Waals surface area contributed by atoms with Gasteiger partial charge in [-0.15, -0.1) is 0 Å². The molecular weight excluding hydrogens is 268 g/mol. The second-order valence-electron chi connectivity index (χ2n) is 5.16. The van der Waals surface area contributed by atoms with Gasteiger partial charge in [0.2, 0.25) is 0 Å². The van der Waals surface area contributed by atoms with Gasteiger partial charge in [0.1, 0.15) is 10.4 Å².